The molecule has 1 N–H and O–H groups in total. The zero-order valence-electron chi connectivity index (χ0n) is 12.0. The van der Waals surface area contributed by atoms with Crippen molar-refractivity contribution in [2.75, 3.05) is 0 Å². The Kier molecular flexibility index (Phi) is 5.14. The van der Waals surface area contributed by atoms with Gasteiger partial charge in [-0.3, -0.25) is 0 Å². The van der Waals surface area contributed by atoms with Gasteiger partial charge in [-0.05, 0) is 42.9 Å². The second kappa shape index (κ2) is 7.06. The first kappa shape index (κ1) is 14.5. The van der Waals surface area contributed by atoms with E-state index in [9.17, 15) is 5.11 Å². The zero-order valence-corrected chi connectivity index (χ0v) is 12.0. The fourth-order valence-corrected chi connectivity index (χ4v) is 2.43. The number of benzene rings is 2. The first-order chi connectivity index (χ1) is 9.70. The Morgan fingerprint density at radius 3 is 2.45 bits per heavy atom. The van der Waals surface area contributed by atoms with E-state index >= 15 is 0 Å². The molecular weight excluding hydrogens is 244 g/mol. The highest BCUT2D eigenvalue weighted by Crippen LogP contribution is 2.28. The Morgan fingerprint density at radius 2 is 1.80 bits per heavy atom. The van der Waals surface area contributed by atoms with Crippen molar-refractivity contribution < 1.29 is 5.11 Å². The van der Waals surface area contributed by atoms with Crippen LogP contribution in [0.5, 0.6) is 0 Å². The third-order valence-corrected chi connectivity index (χ3v) is 3.65. The van der Waals surface area contributed by atoms with Gasteiger partial charge in [-0.25, -0.2) is 0 Å². The molecule has 0 saturated carbocycles. The van der Waals surface area contributed by atoms with Crippen LogP contribution in [0, 0.1) is 6.92 Å². The molecule has 0 radical (unpaired) electrons. The van der Waals surface area contributed by atoms with Crippen molar-refractivity contribution in [3.05, 3.63) is 77.4 Å². The molecule has 20 heavy (non-hydrogen) atoms. The normalized spacial score (nSPS) is 16.6. The van der Waals surface area contributed by atoms with E-state index < -0.39 is 0 Å². The summed E-state index contributed by atoms with van der Waals surface area (Å²) in [5.74, 6) is 0. The number of aliphatic hydroxyl groups excluding tert-OH is 1. The van der Waals surface area contributed by atoms with Crippen molar-refractivity contribution in [1.82, 2.24) is 0 Å². The van der Waals surface area contributed by atoms with Crippen LogP contribution >= 0.6 is 0 Å². The van der Waals surface area contributed by atoms with Crippen molar-refractivity contribution in [2.24, 2.45) is 0 Å². The fraction of sp³-hybridized carbons (Fsp3) is 0.263. The van der Waals surface area contributed by atoms with Gasteiger partial charge >= 0.3 is 0 Å². The highest BCUT2D eigenvalue weighted by Gasteiger charge is 2.15. The maximum absolute atomic E-state index is 9.56. The second-order valence-electron chi connectivity index (χ2n) is 5.22. The van der Waals surface area contributed by atoms with Crippen molar-refractivity contribution >= 4 is 6.08 Å². The Bertz CT molecular complexity index is 554. The molecule has 1 nitrogen and oxygen atoms in total. The summed E-state index contributed by atoms with van der Waals surface area (Å²) >= 11 is 0. The van der Waals surface area contributed by atoms with Crippen LogP contribution in [0.25, 0.3) is 6.08 Å². The van der Waals surface area contributed by atoms with Crippen LogP contribution in [0.4, 0.5) is 0 Å². The lowest BCUT2D eigenvalue weighted by molar-refractivity contribution is 0.156. The largest absolute Gasteiger partial charge is 0.388 e. The topological polar surface area (TPSA) is 20.2 Å². The minimum absolute atomic E-state index is 0.208. The summed E-state index contributed by atoms with van der Waals surface area (Å²) in [6.07, 6.45) is 4.82. The maximum Gasteiger partial charge on any atom is 0.0792 e. The molecule has 0 aliphatic heterocycles. The van der Waals surface area contributed by atoms with E-state index in [1.54, 1.807) is 0 Å². The van der Waals surface area contributed by atoms with Crippen molar-refractivity contribution in [1.29, 1.82) is 0 Å². The molecule has 3 rings (SSSR count). The smallest absolute Gasteiger partial charge is 0.0792 e. The highest BCUT2D eigenvalue weighted by molar-refractivity contribution is 5.46. The van der Waals surface area contributed by atoms with E-state index in [-0.39, 0.29) is 6.10 Å². The third-order valence-electron chi connectivity index (χ3n) is 3.65. The number of fused-ring (bicyclic) bond motifs is 1. The minimum Gasteiger partial charge on any atom is -0.388 e. The van der Waals surface area contributed by atoms with Crippen LogP contribution in [-0.4, -0.2) is 5.11 Å². The Morgan fingerprint density at radius 1 is 1.10 bits per heavy atom. The third kappa shape index (κ3) is 3.82. The molecule has 0 aromatic heterocycles. The molecule has 0 spiro atoms. The average molecular weight is 266 g/mol. The van der Waals surface area contributed by atoms with E-state index in [0.29, 0.717) is 0 Å². The average Bonchev–Trinajstić information content (AvgIpc) is 2.49. The minimum atomic E-state index is -0.208. The van der Waals surface area contributed by atoms with Gasteiger partial charge in [0.2, 0.25) is 0 Å². The van der Waals surface area contributed by atoms with Crippen molar-refractivity contribution in [3.8, 4) is 0 Å². The van der Waals surface area contributed by atoms with E-state index in [1.165, 1.54) is 16.7 Å². The molecule has 0 heterocycles. The number of aryl methyl sites for hydroxylation is 2. The van der Waals surface area contributed by atoms with Gasteiger partial charge in [-0.1, -0.05) is 66.7 Å². The van der Waals surface area contributed by atoms with E-state index in [4.69, 9.17) is 0 Å². The highest BCUT2D eigenvalue weighted by atomic mass is 16.3. The number of hydrogen-bond donors (Lipinski definition) is 1. The summed E-state index contributed by atoms with van der Waals surface area (Å²) in [6.45, 7) is 5.74. The van der Waals surface area contributed by atoms with Crippen LogP contribution in [0.3, 0.4) is 0 Å². The Labute approximate surface area is 121 Å². The van der Waals surface area contributed by atoms with Crippen LogP contribution in [0.2, 0.25) is 0 Å². The molecule has 0 saturated heterocycles. The summed E-state index contributed by atoms with van der Waals surface area (Å²) in [4.78, 5) is 0. The molecule has 1 atom stereocenters. The predicted octanol–water partition coefficient (Wildman–Crippen LogP) is 4.69. The van der Waals surface area contributed by atoms with Gasteiger partial charge in [-0.2, -0.15) is 0 Å². The van der Waals surface area contributed by atoms with Crippen molar-refractivity contribution in [2.45, 2.75) is 32.3 Å². The van der Waals surface area contributed by atoms with Gasteiger partial charge in [0, 0.05) is 0 Å². The molecule has 0 fully saturated rings. The first-order valence-corrected chi connectivity index (χ1v) is 7.15. The zero-order chi connectivity index (χ0) is 14.4. The molecule has 0 amide bonds. The van der Waals surface area contributed by atoms with Gasteiger partial charge in [0.25, 0.3) is 0 Å². The lowest BCUT2D eigenvalue weighted by Crippen LogP contribution is -2.08. The number of aliphatic hydroxyl groups is 1. The Hall–Kier alpha value is -1.86. The van der Waals surface area contributed by atoms with E-state index in [2.05, 4.69) is 43.8 Å². The van der Waals surface area contributed by atoms with Gasteiger partial charge in [0.1, 0.15) is 0 Å². The maximum atomic E-state index is 9.56. The second-order valence-corrected chi connectivity index (χ2v) is 5.22. The molecule has 1 heteroatoms. The molecule has 104 valence electrons. The lowest BCUT2D eigenvalue weighted by atomic mass is 9.90. The van der Waals surface area contributed by atoms with Crippen LogP contribution in [0.15, 0.2) is 55.1 Å². The van der Waals surface area contributed by atoms with Gasteiger partial charge in [0.05, 0.1) is 6.10 Å². The fourth-order valence-electron chi connectivity index (χ4n) is 2.43. The molecule has 1 aliphatic rings. The molecule has 1 aliphatic carbocycles. The van der Waals surface area contributed by atoms with Gasteiger partial charge in [0.15, 0.2) is 0 Å². The van der Waals surface area contributed by atoms with Gasteiger partial charge < -0.3 is 5.11 Å². The molecule has 1 unspecified atom stereocenters. The summed E-state index contributed by atoms with van der Waals surface area (Å²) in [6, 6.07) is 16.4. The molecular formula is C19H22O. The van der Waals surface area contributed by atoms with Crippen LogP contribution in [-0.2, 0) is 6.42 Å². The summed E-state index contributed by atoms with van der Waals surface area (Å²) in [7, 11) is 0. The number of hydrogen-bond acceptors (Lipinski definition) is 1. The van der Waals surface area contributed by atoms with E-state index in [0.717, 1.165) is 24.8 Å². The number of rotatable bonds is 1. The summed E-state index contributed by atoms with van der Waals surface area (Å²) < 4.78 is 0. The predicted molar refractivity (Wildman–Crippen MR) is 85.6 cm³/mol. The summed E-state index contributed by atoms with van der Waals surface area (Å²) in [5.41, 5.74) is 4.94. The van der Waals surface area contributed by atoms with Crippen LogP contribution in [0.1, 0.15) is 41.2 Å². The first-order valence-electron chi connectivity index (χ1n) is 7.15. The Balaban J connectivity index is 0.000000151. The standard InChI is InChI=1S/C10H12O.C9H10/c11-10-7-3-5-8-4-1-2-6-9(8)10;1-3-9-6-4-8(2)5-7-9/h1-2,4,6,10-11H,3,5,7H2;3-7H,1H2,2H3. The van der Waals surface area contributed by atoms with E-state index in [1.807, 2.05) is 24.3 Å². The molecule has 0 bridgehead atoms. The SMILES string of the molecule is C=Cc1ccc(C)cc1.OC1CCCc2ccccc21. The molecule has 2 aromatic carbocycles. The van der Waals surface area contributed by atoms with Crippen molar-refractivity contribution in [3.63, 3.8) is 0 Å². The monoisotopic (exact) mass is 266 g/mol. The van der Waals surface area contributed by atoms with Crippen LogP contribution < -0.4 is 0 Å². The quantitative estimate of drug-likeness (QED) is 0.793. The lowest BCUT2D eigenvalue weighted by Gasteiger charge is -2.20. The van der Waals surface area contributed by atoms with Gasteiger partial charge in [-0.15, -0.1) is 0 Å². The summed E-state index contributed by atoms with van der Waals surface area (Å²) in [5, 5.41) is 9.56. The molecule has 2 aromatic rings.